The molecule has 146 valence electrons. The highest BCUT2D eigenvalue weighted by molar-refractivity contribution is 7.17. The summed E-state index contributed by atoms with van der Waals surface area (Å²) in [5.41, 5.74) is 3.09. The SMILES string of the molecule is Clc1ccccc1CNC1(COc2ccc(-c3csc4ccccc34)cc2)CO1. The third kappa shape index (κ3) is 4.02. The lowest BCUT2D eigenvalue weighted by Crippen LogP contribution is -2.38. The van der Waals surface area contributed by atoms with Crippen molar-refractivity contribution in [2.24, 2.45) is 0 Å². The van der Waals surface area contributed by atoms with Crippen LogP contribution in [-0.4, -0.2) is 18.9 Å². The number of ether oxygens (including phenoxy) is 2. The summed E-state index contributed by atoms with van der Waals surface area (Å²) in [5.74, 6) is 0.836. The first-order chi connectivity index (χ1) is 14.2. The zero-order valence-electron chi connectivity index (χ0n) is 15.7. The number of hydrogen-bond donors (Lipinski definition) is 1. The fourth-order valence-corrected chi connectivity index (χ4v) is 4.53. The number of halogens is 1. The zero-order valence-corrected chi connectivity index (χ0v) is 17.3. The van der Waals surface area contributed by atoms with Crippen molar-refractivity contribution in [3.63, 3.8) is 0 Å². The highest BCUT2D eigenvalue weighted by Crippen LogP contribution is 2.34. The van der Waals surface area contributed by atoms with E-state index in [0.29, 0.717) is 19.8 Å². The normalized spacial score (nSPS) is 18.1. The maximum Gasteiger partial charge on any atom is 0.177 e. The Morgan fingerprint density at radius 2 is 1.76 bits per heavy atom. The van der Waals surface area contributed by atoms with Gasteiger partial charge in [0, 0.05) is 27.2 Å². The number of fused-ring (bicyclic) bond motifs is 1. The second-order valence-corrected chi connectivity index (χ2v) is 8.50. The number of thiophene rings is 1. The average molecular weight is 422 g/mol. The molecule has 1 unspecified atom stereocenters. The minimum absolute atomic E-state index is 0.429. The highest BCUT2D eigenvalue weighted by Gasteiger charge is 2.45. The number of hydrogen-bond acceptors (Lipinski definition) is 4. The van der Waals surface area contributed by atoms with E-state index in [0.717, 1.165) is 16.3 Å². The molecule has 3 aromatic carbocycles. The first-order valence-electron chi connectivity index (χ1n) is 9.54. The van der Waals surface area contributed by atoms with Gasteiger partial charge in [0.15, 0.2) is 5.72 Å². The van der Waals surface area contributed by atoms with Crippen molar-refractivity contribution in [1.29, 1.82) is 0 Å². The molecule has 0 bridgehead atoms. The van der Waals surface area contributed by atoms with Crippen LogP contribution >= 0.6 is 22.9 Å². The number of rotatable bonds is 7. The average Bonchev–Trinajstić information content (AvgIpc) is 3.41. The summed E-state index contributed by atoms with van der Waals surface area (Å²) in [6.07, 6.45) is 0. The van der Waals surface area contributed by atoms with Gasteiger partial charge in [-0.25, -0.2) is 0 Å². The van der Waals surface area contributed by atoms with E-state index in [1.54, 1.807) is 11.3 Å². The van der Waals surface area contributed by atoms with E-state index < -0.39 is 5.72 Å². The molecule has 5 rings (SSSR count). The lowest BCUT2D eigenvalue weighted by Gasteiger charge is -2.16. The Morgan fingerprint density at radius 1 is 1.00 bits per heavy atom. The van der Waals surface area contributed by atoms with Crippen LogP contribution in [0.3, 0.4) is 0 Å². The molecule has 0 aliphatic carbocycles. The van der Waals surface area contributed by atoms with E-state index in [1.165, 1.54) is 21.2 Å². The van der Waals surface area contributed by atoms with Crippen molar-refractivity contribution in [1.82, 2.24) is 5.32 Å². The van der Waals surface area contributed by atoms with Crippen LogP contribution in [-0.2, 0) is 11.3 Å². The maximum atomic E-state index is 6.23. The van der Waals surface area contributed by atoms with Gasteiger partial charge >= 0.3 is 0 Å². The second kappa shape index (κ2) is 7.81. The first-order valence-corrected chi connectivity index (χ1v) is 10.8. The standard InChI is InChI=1S/C24H20ClNO2S/c25-22-7-3-1-5-18(22)13-26-24(16-28-24)15-27-19-11-9-17(10-12-19)21-14-29-23-8-4-2-6-20(21)23/h1-12,14,26H,13,15-16H2. The molecule has 1 fully saturated rings. The summed E-state index contributed by atoms with van der Waals surface area (Å²) < 4.78 is 12.9. The predicted octanol–water partition coefficient (Wildman–Crippen LogP) is 6.12. The summed E-state index contributed by atoms with van der Waals surface area (Å²) in [4.78, 5) is 0. The van der Waals surface area contributed by atoms with Gasteiger partial charge in [-0.05, 0) is 40.8 Å². The highest BCUT2D eigenvalue weighted by atomic mass is 35.5. The fourth-order valence-electron chi connectivity index (χ4n) is 3.35. The van der Waals surface area contributed by atoms with Crippen molar-refractivity contribution in [2.75, 3.05) is 13.2 Å². The molecular weight excluding hydrogens is 402 g/mol. The fraction of sp³-hybridized carbons (Fsp3) is 0.167. The molecule has 3 nitrogen and oxygen atoms in total. The van der Waals surface area contributed by atoms with Gasteiger partial charge in [-0.1, -0.05) is 60.1 Å². The number of epoxide rings is 1. The van der Waals surface area contributed by atoms with Crippen molar-refractivity contribution < 1.29 is 9.47 Å². The van der Waals surface area contributed by atoms with E-state index in [9.17, 15) is 0 Å². The molecule has 0 radical (unpaired) electrons. The molecule has 1 aliphatic rings. The Hall–Kier alpha value is -2.37. The molecule has 1 aliphatic heterocycles. The van der Waals surface area contributed by atoms with Gasteiger partial charge in [-0.15, -0.1) is 11.3 Å². The van der Waals surface area contributed by atoms with Crippen molar-refractivity contribution in [3.05, 3.63) is 88.8 Å². The molecule has 1 saturated heterocycles. The second-order valence-electron chi connectivity index (χ2n) is 7.19. The Morgan fingerprint density at radius 3 is 2.55 bits per heavy atom. The Balaban J connectivity index is 1.22. The lowest BCUT2D eigenvalue weighted by atomic mass is 10.0. The Bertz CT molecular complexity index is 1140. The topological polar surface area (TPSA) is 33.8 Å². The van der Waals surface area contributed by atoms with Gasteiger partial charge in [-0.2, -0.15) is 0 Å². The Kier molecular flexibility index (Phi) is 5.02. The number of nitrogens with one attached hydrogen (secondary N) is 1. The number of benzene rings is 3. The summed E-state index contributed by atoms with van der Waals surface area (Å²) in [5, 5.41) is 7.69. The molecule has 2 heterocycles. The van der Waals surface area contributed by atoms with Crippen molar-refractivity contribution in [2.45, 2.75) is 12.3 Å². The van der Waals surface area contributed by atoms with Crippen LogP contribution in [0.2, 0.25) is 5.02 Å². The zero-order chi connectivity index (χ0) is 19.7. The van der Waals surface area contributed by atoms with E-state index in [1.807, 2.05) is 36.4 Å². The van der Waals surface area contributed by atoms with Crippen molar-refractivity contribution >= 4 is 33.0 Å². The van der Waals surface area contributed by atoms with Crippen LogP contribution in [0, 0.1) is 0 Å². The van der Waals surface area contributed by atoms with Gasteiger partial charge in [0.1, 0.15) is 12.4 Å². The van der Waals surface area contributed by atoms with Gasteiger partial charge in [-0.3, -0.25) is 5.32 Å². The van der Waals surface area contributed by atoms with Crippen LogP contribution in [0.1, 0.15) is 5.56 Å². The molecule has 1 N–H and O–H groups in total. The van der Waals surface area contributed by atoms with Crippen LogP contribution in [0.5, 0.6) is 5.75 Å². The molecule has 29 heavy (non-hydrogen) atoms. The maximum absolute atomic E-state index is 6.23. The summed E-state index contributed by atoms with van der Waals surface area (Å²) >= 11 is 8.00. The molecular formula is C24H20ClNO2S. The minimum Gasteiger partial charge on any atom is -0.489 e. The smallest absolute Gasteiger partial charge is 0.177 e. The van der Waals surface area contributed by atoms with Gasteiger partial charge < -0.3 is 9.47 Å². The molecule has 0 saturated carbocycles. The summed E-state index contributed by atoms with van der Waals surface area (Å²) in [6.45, 7) is 1.74. The van der Waals surface area contributed by atoms with Gasteiger partial charge in [0.2, 0.25) is 0 Å². The van der Waals surface area contributed by atoms with Crippen LogP contribution in [0.25, 0.3) is 21.2 Å². The third-order valence-corrected chi connectivity index (χ3v) is 6.50. The lowest BCUT2D eigenvalue weighted by molar-refractivity contribution is 0.157. The largest absolute Gasteiger partial charge is 0.489 e. The Labute approximate surface area is 178 Å². The summed E-state index contributed by atoms with van der Waals surface area (Å²) in [7, 11) is 0. The van der Waals surface area contributed by atoms with E-state index in [2.05, 4.69) is 47.1 Å². The van der Waals surface area contributed by atoms with Crippen molar-refractivity contribution in [3.8, 4) is 16.9 Å². The molecule has 1 aromatic heterocycles. The van der Waals surface area contributed by atoms with E-state index >= 15 is 0 Å². The van der Waals surface area contributed by atoms with E-state index in [-0.39, 0.29) is 0 Å². The third-order valence-electron chi connectivity index (χ3n) is 5.17. The van der Waals surface area contributed by atoms with Crippen LogP contribution < -0.4 is 10.1 Å². The molecule has 0 spiro atoms. The quantitative estimate of drug-likeness (QED) is 0.365. The van der Waals surface area contributed by atoms with Crippen LogP contribution in [0.4, 0.5) is 0 Å². The van der Waals surface area contributed by atoms with E-state index in [4.69, 9.17) is 21.1 Å². The molecule has 1 atom stereocenters. The van der Waals surface area contributed by atoms with Gasteiger partial charge in [0.25, 0.3) is 0 Å². The molecule has 4 aromatic rings. The predicted molar refractivity (Wildman–Crippen MR) is 120 cm³/mol. The summed E-state index contributed by atoms with van der Waals surface area (Å²) in [6, 6.07) is 24.6. The molecule has 5 heteroatoms. The van der Waals surface area contributed by atoms with Crippen LogP contribution in [0.15, 0.2) is 78.2 Å². The molecule has 0 amide bonds. The monoisotopic (exact) mass is 421 g/mol. The first kappa shape index (κ1) is 18.6. The minimum atomic E-state index is -0.429. The van der Waals surface area contributed by atoms with Gasteiger partial charge in [0.05, 0.1) is 6.61 Å².